The van der Waals surface area contributed by atoms with Crippen LogP contribution in [0.2, 0.25) is 0 Å². The summed E-state index contributed by atoms with van der Waals surface area (Å²) in [6, 6.07) is 56.4. The highest BCUT2D eigenvalue weighted by Gasteiger charge is 2.49. The molecule has 7 aromatic carbocycles. The van der Waals surface area contributed by atoms with Crippen LogP contribution in [0, 0.1) is 0 Å². The van der Waals surface area contributed by atoms with E-state index in [1.165, 1.54) is 83.2 Å². The van der Waals surface area contributed by atoms with Crippen molar-refractivity contribution in [2.45, 2.75) is 57.8 Å². The van der Waals surface area contributed by atoms with Crippen LogP contribution in [0.3, 0.4) is 0 Å². The predicted octanol–water partition coefficient (Wildman–Crippen LogP) is 14.3. The summed E-state index contributed by atoms with van der Waals surface area (Å²) in [6.07, 6.45) is 4.54. The largest absolute Gasteiger partial charge is 0.310 e. The first kappa shape index (κ1) is 32.7. The molecule has 0 aliphatic heterocycles. The minimum absolute atomic E-state index is 0.000476. The van der Waals surface area contributed by atoms with E-state index < -0.39 is 0 Å². The van der Waals surface area contributed by atoms with Gasteiger partial charge in [-0.1, -0.05) is 163 Å². The van der Waals surface area contributed by atoms with Gasteiger partial charge in [-0.3, -0.25) is 0 Å². The molecule has 0 unspecified atom stereocenters. The van der Waals surface area contributed by atoms with Gasteiger partial charge in [-0.2, -0.15) is 0 Å². The SMILES string of the molecule is CC1(C)C2=C(c3ccccc31)C(C)(C)c1cc(C=Cc3ccc4cc(N(c5ccccc5)c5ccc6c(c5)C(C)(C)c5ccccc5-6)ccc4c3)ccc12. The second-order valence-corrected chi connectivity index (χ2v) is 17.0. The van der Waals surface area contributed by atoms with Gasteiger partial charge < -0.3 is 4.90 Å². The molecule has 0 N–H and O–H groups in total. The number of hydrogen-bond acceptors (Lipinski definition) is 1. The van der Waals surface area contributed by atoms with Crippen molar-refractivity contribution in [3.63, 3.8) is 0 Å². The number of anilines is 3. The molecular formula is C53H45N. The molecule has 3 aliphatic carbocycles. The minimum Gasteiger partial charge on any atom is -0.310 e. The van der Waals surface area contributed by atoms with Crippen LogP contribution < -0.4 is 4.90 Å². The minimum atomic E-state index is -0.0618. The number of nitrogens with zero attached hydrogens (tertiary/aromatic N) is 1. The molecule has 10 rings (SSSR count). The molecule has 3 aliphatic rings. The number of rotatable bonds is 5. The monoisotopic (exact) mass is 695 g/mol. The van der Waals surface area contributed by atoms with E-state index >= 15 is 0 Å². The molecule has 0 heterocycles. The summed E-state index contributed by atoms with van der Waals surface area (Å²) >= 11 is 0. The van der Waals surface area contributed by atoms with Gasteiger partial charge >= 0.3 is 0 Å². The Labute approximate surface area is 320 Å². The van der Waals surface area contributed by atoms with Gasteiger partial charge in [0.1, 0.15) is 0 Å². The van der Waals surface area contributed by atoms with Crippen LogP contribution in [-0.2, 0) is 16.2 Å². The van der Waals surface area contributed by atoms with E-state index in [0.29, 0.717) is 0 Å². The highest BCUT2D eigenvalue weighted by Crippen LogP contribution is 2.62. The van der Waals surface area contributed by atoms with Crippen molar-refractivity contribution in [2.24, 2.45) is 0 Å². The van der Waals surface area contributed by atoms with Crippen molar-refractivity contribution < 1.29 is 0 Å². The lowest BCUT2D eigenvalue weighted by atomic mass is 9.75. The van der Waals surface area contributed by atoms with E-state index in [2.05, 4.69) is 210 Å². The standard InChI is InChI=1S/C53H45N/c1-51(2)45-18-12-10-16-41(45)42-29-27-40(33-48(42)51)54(38-14-8-7-9-15-38)39-26-25-36-30-34(22-24-37(36)32-39)20-21-35-23-28-44-47(31-35)53(5,6)49-43-17-11-13-19-46(43)52(3,4)50(44)49/h7-33H,1-6H3. The van der Waals surface area contributed by atoms with Crippen LogP contribution in [0.1, 0.15) is 86.1 Å². The van der Waals surface area contributed by atoms with Crippen molar-refractivity contribution in [3.8, 4) is 11.1 Å². The highest BCUT2D eigenvalue weighted by molar-refractivity contribution is 6.09. The first-order chi connectivity index (χ1) is 26.0. The molecule has 262 valence electrons. The average Bonchev–Trinajstić information content (AvgIpc) is 3.68. The maximum absolute atomic E-state index is 2.42. The third-order valence-electron chi connectivity index (χ3n) is 12.8. The zero-order chi connectivity index (χ0) is 37.0. The van der Waals surface area contributed by atoms with Gasteiger partial charge in [-0.15, -0.1) is 0 Å². The molecule has 0 spiro atoms. The van der Waals surface area contributed by atoms with Crippen molar-refractivity contribution in [1.29, 1.82) is 0 Å². The van der Waals surface area contributed by atoms with Crippen LogP contribution >= 0.6 is 0 Å². The Morgan fingerprint density at radius 2 is 0.833 bits per heavy atom. The zero-order valence-electron chi connectivity index (χ0n) is 32.0. The summed E-state index contributed by atoms with van der Waals surface area (Å²) < 4.78 is 0. The molecule has 7 aromatic rings. The first-order valence-corrected chi connectivity index (χ1v) is 19.3. The lowest BCUT2D eigenvalue weighted by molar-refractivity contribution is 0.660. The Morgan fingerprint density at radius 1 is 0.352 bits per heavy atom. The summed E-state index contributed by atoms with van der Waals surface area (Å²) in [6.45, 7) is 14.3. The van der Waals surface area contributed by atoms with Gasteiger partial charge in [0, 0.05) is 33.3 Å². The van der Waals surface area contributed by atoms with Crippen LogP contribution in [-0.4, -0.2) is 0 Å². The van der Waals surface area contributed by atoms with Gasteiger partial charge in [0.15, 0.2) is 0 Å². The van der Waals surface area contributed by atoms with E-state index in [1.807, 2.05) is 0 Å². The third kappa shape index (κ3) is 4.70. The fraction of sp³-hybridized carbons (Fsp3) is 0.170. The molecule has 0 amide bonds. The molecule has 0 saturated carbocycles. The van der Waals surface area contributed by atoms with Crippen LogP contribution in [0.15, 0.2) is 152 Å². The number of para-hydroxylation sites is 1. The Kier molecular flexibility index (Phi) is 6.99. The van der Waals surface area contributed by atoms with Gasteiger partial charge in [-0.05, 0) is 120 Å². The number of benzene rings is 7. The maximum Gasteiger partial charge on any atom is 0.0468 e. The van der Waals surface area contributed by atoms with Crippen molar-refractivity contribution in [1.82, 2.24) is 0 Å². The molecule has 0 bridgehead atoms. The lowest BCUT2D eigenvalue weighted by Crippen LogP contribution is -2.19. The Balaban J connectivity index is 0.966. The summed E-state index contributed by atoms with van der Waals surface area (Å²) in [5.74, 6) is 0. The smallest absolute Gasteiger partial charge is 0.0468 e. The predicted molar refractivity (Wildman–Crippen MR) is 231 cm³/mol. The van der Waals surface area contributed by atoms with Crippen LogP contribution in [0.4, 0.5) is 17.1 Å². The van der Waals surface area contributed by atoms with E-state index in [-0.39, 0.29) is 16.2 Å². The van der Waals surface area contributed by atoms with Gasteiger partial charge in [0.25, 0.3) is 0 Å². The summed E-state index contributed by atoms with van der Waals surface area (Å²) in [5.41, 5.74) is 20.0. The van der Waals surface area contributed by atoms with Gasteiger partial charge in [-0.25, -0.2) is 0 Å². The molecule has 0 fully saturated rings. The fourth-order valence-electron chi connectivity index (χ4n) is 10.0. The third-order valence-corrected chi connectivity index (χ3v) is 12.8. The highest BCUT2D eigenvalue weighted by atomic mass is 15.1. The topological polar surface area (TPSA) is 3.24 Å². The molecule has 1 heteroatoms. The second kappa shape index (κ2) is 11.5. The normalized spacial score (nSPS) is 16.6. The van der Waals surface area contributed by atoms with Gasteiger partial charge in [0.05, 0.1) is 0 Å². The Hall–Kier alpha value is -5.92. The van der Waals surface area contributed by atoms with Crippen LogP contribution in [0.25, 0.3) is 45.2 Å². The summed E-state index contributed by atoms with van der Waals surface area (Å²) in [7, 11) is 0. The summed E-state index contributed by atoms with van der Waals surface area (Å²) in [4.78, 5) is 2.40. The molecule has 0 radical (unpaired) electrons. The van der Waals surface area contributed by atoms with E-state index in [0.717, 1.165) is 11.4 Å². The molecule has 0 aromatic heterocycles. The molecule has 0 atom stereocenters. The summed E-state index contributed by atoms with van der Waals surface area (Å²) in [5, 5.41) is 2.46. The lowest BCUT2D eigenvalue weighted by Gasteiger charge is -2.28. The van der Waals surface area contributed by atoms with E-state index in [9.17, 15) is 0 Å². The number of hydrogen-bond donors (Lipinski definition) is 0. The first-order valence-electron chi connectivity index (χ1n) is 19.3. The zero-order valence-corrected chi connectivity index (χ0v) is 32.0. The van der Waals surface area contributed by atoms with Crippen molar-refractivity contribution in [3.05, 3.63) is 196 Å². The van der Waals surface area contributed by atoms with Crippen molar-refractivity contribution in [2.75, 3.05) is 4.90 Å². The molecule has 1 nitrogen and oxygen atoms in total. The quantitative estimate of drug-likeness (QED) is 0.162. The molecule has 54 heavy (non-hydrogen) atoms. The van der Waals surface area contributed by atoms with Gasteiger partial charge in [0.2, 0.25) is 0 Å². The van der Waals surface area contributed by atoms with Crippen LogP contribution in [0.5, 0.6) is 0 Å². The number of fused-ring (bicyclic) bond motifs is 8. The number of allylic oxidation sites excluding steroid dienone is 2. The Bertz CT molecular complexity index is 2740. The van der Waals surface area contributed by atoms with E-state index in [1.54, 1.807) is 0 Å². The second-order valence-electron chi connectivity index (χ2n) is 17.0. The van der Waals surface area contributed by atoms with Crippen molar-refractivity contribution >= 4 is 51.1 Å². The fourth-order valence-corrected chi connectivity index (χ4v) is 10.0. The Morgan fingerprint density at radius 3 is 1.59 bits per heavy atom. The average molecular weight is 696 g/mol. The molecule has 0 saturated heterocycles. The molecular weight excluding hydrogens is 651 g/mol. The maximum atomic E-state index is 2.42. The van der Waals surface area contributed by atoms with E-state index in [4.69, 9.17) is 0 Å².